The number of likely N-dealkylation sites (N-methyl/N-ethyl adjacent to an activating group) is 1. The van der Waals surface area contributed by atoms with E-state index >= 15 is 0 Å². The number of nitrogens with zero attached hydrogens (tertiary/aromatic N) is 3. The van der Waals surface area contributed by atoms with E-state index in [0.717, 1.165) is 21.7 Å². The molecule has 162 valence electrons. The van der Waals surface area contributed by atoms with Gasteiger partial charge in [-0.2, -0.15) is 5.10 Å². The van der Waals surface area contributed by atoms with Crippen molar-refractivity contribution in [3.8, 4) is 10.6 Å². The van der Waals surface area contributed by atoms with Gasteiger partial charge in [-0.15, -0.1) is 11.3 Å². The molecular formula is C24H28N4O2S. The Balaban J connectivity index is 1.75. The summed E-state index contributed by atoms with van der Waals surface area (Å²) in [4.78, 5) is 27.1. The molecule has 0 aliphatic rings. The lowest BCUT2D eigenvalue weighted by Gasteiger charge is -2.22. The molecule has 3 rings (SSSR count). The van der Waals surface area contributed by atoms with Crippen LogP contribution in [0.5, 0.6) is 0 Å². The molecule has 7 heteroatoms. The average molecular weight is 437 g/mol. The van der Waals surface area contributed by atoms with Gasteiger partial charge in [-0.1, -0.05) is 36.4 Å². The van der Waals surface area contributed by atoms with Gasteiger partial charge in [-0.3, -0.25) is 14.3 Å². The van der Waals surface area contributed by atoms with Crippen LogP contribution in [0.15, 0.2) is 60.1 Å². The van der Waals surface area contributed by atoms with Crippen molar-refractivity contribution in [3.63, 3.8) is 0 Å². The number of benzene rings is 1. The van der Waals surface area contributed by atoms with E-state index in [9.17, 15) is 9.59 Å². The van der Waals surface area contributed by atoms with Gasteiger partial charge in [0.05, 0.1) is 18.0 Å². The minimum Gasteiger partial charge on any atom is -0.350 e. The summed E-state index contributed by atoms with van der Waals surface area (Å²) in [6.45, 7) is 6.38. The maximum Gasteiger partial charge on any atom is 0.246 e. The first-order valence-electron chi connectivity index (χ1n) is 10.1. The zero-order chi connectivity index (χ0) is 22.4. The number of carbonyl (C=O) groups is 2. The number of thiophene rings is 1. The maximum absolute atomic E-state index is 12.5. The first-order valence-corrected chi connectivity index (χ1v) is 11.0. The lowest BCUT2D eigenvalue weighted by atomic mass is 10.1. The van der Waals surface area contributed by atoms with Crippen molar-refractivity contribution in [3.05, 3.63) is 71.2 Å². The minimum absolute atomic E-state index is 0.00545. The molecule has 0 atom stereocenters. The molecular weight excluding hydrogens is 408 g/mol. The number of hydrogen-bond donors (Lipinski definition) is 1. The quantitative estimate of drug-likeness (QED) is 0.568. The molecule has 0 aliphatic carbocycles. The maximum atomic E-state index is 12.5. The first-order chi connectivity index (χ1) is 14.7. The van der Waals surface area contributed by atoms with E-state index in [2.05, 4.69) is 17.4 Å². The zero-order valence-electron chi connectivity index (χ0n) is 18.3. The van der Waals surface area contributed by atoms with Crippen LogP contribution in [0, 0.1) is 0 Å². The smallest absolute Gasteiger partial charge is 0.246 e. The summed E-state index contributed by atoms with van der Waals surface area (Å²) in [5.74, 6) is -0.427. The second-order valence-corrected chi connectivity index (χ2v) is 9.37. The Morgan fingerprint density at radius 2 is 1.90 bits per heavy atom. The topological polar surface area (TPSA) is 67.2 Å². The Kier molecular flexibility index (Phi) is 7.07. The SMILES string of the molecule is CN(CC(=O)NC(C)(C)C)C(=O)/C=C/c1cn(Cc2ccccc2)nc1-c1cccs1. The number of hydrogen-bond acceptors (Lipinski definition) is 4. The van der Waals surface area contributed by atoms with Crippen molar-refractivity contribution in [1.82, 2.24) is 20.0 Å². The molecule has 0 unspecified atom stereocenters. The van der Waals surface area contributed by atoms with E-state index in [1.54, 1.807) is 24.5 Å². The number of nitrogens with one attached hydrogen (secondary N) is 1. The Morgan fingerprint density at radius 1 is 1.16 bits per heavy atom. The van der Waals surface area contributed by atoms with Crippen LogP contribution in [-0.4, -0.2) is 45.6 Å². The van der Waals surface area contributed by atoms with Crippen LogP contribution in [0.1, 0.15) is 31.9 Å². The molecule has 2 aromatic heterocycles. The Bertz CT molecular complexity index is 1050. The summed E-state index contributed by atoms with van der Waals surface area (Å²) in [5.41, 5.74) is 2.51. The summed E-state index contributed by atoms with van der Waals surface area (Å²) < 4.78 is 1.88. The van der Waals surface area contributed by atoms with E-state index in [1.165, 1.54) is 11.0 Å². The first kappa shape index (κ1) is 22.5. The van der Waals surface area contributed by atoms with Crippen molar-refractivity contribution in [1.29, 1.82) is 0 Å². The largest absolute Gasteiger partial charge is 0.350 e. The molecule has 31 heavy (non-hydrogen) atoms. The number of amides is 2. The van der Waals surface area contributed by atoms with Crippen LogP contribution in [0.4, 0.5) is 0 Å². The van der Waals surface area contributed by atoms with Crippen molar-refractivity contribution in [2.45, 2.75) is 32.9 Å². The van der Waals surface area contributed by atoms with Gasteiger partial charge in [-0.05, 0) is 43.9 Å². The molecule has 1 N–H and O–H groups in total. The molecule has 0 spiro atoms. The average Bonchev–Trinajstić information content (AvgIpc) is 3.35. The third-order valence-electron chi connectivity index (χ3n) is 4.41. The Hall–Kier alpha value is -3.19. The second kappa shape index (κ2) is 9.75. The summed E-state index contributed by atoms with van der Waals surface area (Å²) >= 11 is 1.61. The van der Waals surface area contributed by atoms with Crippen LogP contribution >= 0.6 is 11.3 Å². The van der Waals surface area contributed by atoms with E-state index in [-0.39, 0.29) is 23.9 Å². The highest BCUT2D eigenvalue weighted by atomic mass is 32.1. The van der Waals surface area contributed by atoms with E-state index in [4.69, 9.17) is 5.10 Å². The predicted molar refractivity (Wildman–Crippen MR) is 126 cm³/mol. The fourth-order valence-electron chi connectivity index (χ4n) is 3.05. The van der Waals surface area contributed by atoms with Crippen LogP contribution in [0.2, 0.25) is 0 Å². The second-order valence-electron chi connectivity index (χ2n) is 8.42. The van der Waals surface area contributed by atoms with Gasteiger partial charge >= 0.3 is 0 Å². The van der Waals surface area contributed by atoms with Crippen molar-refractivity contribution < 1.29 is 9.59 Å². The van der Waals surface area contributed by atoms with Crippen LogP contribution in [0.3, 0.4) is 0 Å². The monoisotopic (exact) mass is 436 g/mol. The number of carbonyl (C=O) groups excluding carboxylic acids is 2. The lowest BCUT2D eigenvalue weighted by molar-refractivity contribution is -0.131. The van der Waals surface area contributed by atoms with Gasteiger partial charge in [0.15, 0.2) is 0 Å². The number of rotatable bonds is 7. The fraction of sp³-hybridized carbons (Fsp3) is 0.292. The molecule has 1 aromatic carbocycles. The summed E-state index contributed by atoms with van der Waals surface area (Å²) in [6.07, 6.45) is 5.20. The van der Waals surface area contributed by atoms with Crippen LogP contribution < -0.4 is 5.32 Å². The van der Waals surface area contributed by atoms with Gasteiger partial charge < -0.3 is 10.2 Å². The highest BCUT2D eigenvalue weighted by Gasteiger charge is 2.17. The summed E-state index contributed by atoms with van der Waals surface area (Å²) in [5, 5.41) is 9.62. The van der Waals surface area contributed by atoms with E-state index < -0.39 is 0 Å². The molecule has 0 saturated carbocycles. The molecule has 0 saturated heterocycles. The van der Waals surface area contributed by atoms with E-state index in [1.807, 2.05) is 67.4 Å². The Morgan fingerprint density at radius 3 is 2.55 bits per heavy atom. The third kappa shape index (κ3) is 6.65. The van der Waals surface area contributed by atoms with Crippen LogP contribution in [-0.2, 0) is 16.1 Å². The Labute approximate surface area is 187 Å². The van der Waals surface area contributed by atoms with Crippen molar-refractivity contribution in [2.75, 3.05) is 13.6 Å². The molecule has 2 amide bonds. The fourth-order valence-corrected chi connectivity index (χ4v) is 3.79. The number of aromatic nitrogens is 2. The summed E-state index contributed by atoms with van der Waals surface area (Å²) in [6, 6.07) is 14.1. The predicted octanol–water partition coefficient (Wildman–Crippen LogP) is 4.05. The zero-order valence-corrected chi connectivity index (χ0v) is 19.1. The van der Waals surface area contributed by atoms with Crippen LogP contribution in [0.25, 0.3) is 16.6 Å². The molecule has 0 aliphatic heterocycles. The lowest BCUT2D eigenvalue weighted by Crippen LogP contribution is -2.46. The highest BCUT2D eigenvalue weighted by molar-refractivity contribution is 7.13. The standard InChI is InChI=1S/C24H28N4O2S/c1-24(2,3)25-21(29)17-27(4)22(30)13-12-19-16-28(15-18-9-6-5-7-10-18)26-23(19)20-11-8-14-31-20/h5-14,16H,15,17H2,1-4H3,(H,25,29)/b13-12+. The van der Waals surface area contributed by atoms with Gasteiger partial charge in [-0.25, -0.2) is 0 Å². The minimum atomic E-state index is -0.334. The molecule has 0 bridgehead atoms. The normalized spacial score (nSPS) is 11.6. The molecule has 0 fully saturated rings. The van der Waals surface area contributed by atoms with Crippen molar-refractivity contribution in [2.24, 2.45) is 0 Å². The third-order valence-corrected chi connectivity index (χ3v) is 5.29. The van der Waals surface area contributed by atoms with Gasteiger partial charge in [0, 0.05) is 30.4 Å². The summed E-state index contributed by atoms with van der Waals surface area (Å²) in [7, 11) is 1.62. The molecule has 6 nitrogen and oxygen atoms in total. The van der Waals surface area contributed by atoms with Gasteiger partial charge in [0.1, 0.15) is 5.69 Å². The van der Waals surface area contributed by atoms with Crippen molar-refractivity contribution >= 4 is 29.2 Å². The highest BCUT2D eigenvalue weighted by Crippen LogP contribution is 2.27. The van der Waals surface area contributed by atoms with Gasteiger partial charge in [0.25, 0.3) is 0 Å². The molecule has 3 aromatic rings. The molecule has 2 heterocycles. The van der Waals surface area contributed by atoms with Gasteiger partial charge in [0.2, 0.25) is 11.8 Å². The molecule has 0 radical (unpaired) electrons. The van der Waals surface area contributed by atoms with E-state index in [0.29, 0.717) is 6.54 Å².